The van der Waals surface area contributed by atoms with Crippen LogP contribution in [0.3, 0.4) is 0 Å². The van der Waals surface area contributed by atoms with E-state index in [9.17, 15) is 0 Å². The van der Waals surface area contributed by atoms with Crippen LogP contribution in [0.1, 0.15) is 29.9 Å². The number of aryl methyl sites for hydroxylation is 1. The Morgan fingerprint density at radius 2 is 1.94 bits per heavy atom. The van der Waals surface area contributed by atoms with E-state index in [0.717, 1.165) is 28.4 Å². The quantitative estimate of drug-likeness (QED) is 0.904. The average Bonchev–Trinajstić information content (AvgIpc) is 2.64. The molecule has 96 valence electrons. The Morgan fingerprint density at radius 1 is 1.28 bits per heavy atom. The minimum Gasteiger partial charge on any atom is -0.494 e. The Hall–Kier alpha value is -1.81. The lowest BCUT2D eigenvalue weighted by Gasteiger charge is -2.11. The molecule has 1 unspecified atom stereocenters. The van der Waals surface area contributed by atoms with Crippen LogP contribution in [0.25, 0.3) is 5.69 Å². The summed E-state index contributed by atoms with van der Waals surface area (Å²) in [4.78, 5) is 0. The molecule has 18 heavy (non-hydrogen) atoms. The summed E-state index contributed by atoms with van der Waals surface area (Å²) in [5.74, 6) is 0.805. The van der Waals surface area contributed by atoms with E-state index in [1.54, 1.807) is 7.11 Å². The van der Waals surface area contributed by atoms with E-state index in [1.807, 2.05) is 49.7 Å². The van der Waals surface area contributed by atoms with Crippen molar-refractivity contribution in [3.63, 3.8) is 0 Å². The monoisotopic (exact) mass is 245 g/mol. The predicted molar refractivity (Wildman–Crippen MR) is 72.2 cm³/mol. The maximum atomic E-state index is 5.99. The van der Waals surface area contributed by atoms with E-state index >= 15 is 0 Å². The molecule has 1 heterocycles. The summed E-state index contributed by atoms with van der Waals surface area (Å²) in [5.41, 5.74) is 10.1. The maximum absolute atomic E-state index is 5.99. The molecule has 0 spiro atoms. The van der Waals surface area contributed by atoms with Crippen molar-refractivity contribution in [2.75, 3.05) is 7.11 Å². The number of nitrogens with zero attached hydrogens (tertiary/aromatic N) is 2. The molecule has 0 aliphatic carbocycles. The van der Waals surface area contributed by atoms with Crippen LogP contribution in [0.15, 0.2) is 24.3 Å². The van der Waals surface area contributed by atoms with Crippen LogP contribution in [0.5, 0.6) is 5.75 Å². The highest BCUT2D eigenvalue weighted by molar-refractivity contribution is 5.48. The lowest BCUT2D eigenvalue weighted by atomic mass is 10.1. The average molecular weight is 245 g/mol. The van der Waals surface area contributed by atoms with Crippen LogP contribution in [0.4, 0.5) is 0 Å². The van der Waals surface area contributed by atoms with Crippen LogP contribution < -0.4 is 10.5 Å². The first-order valence-electron chi connectivity index (χ1n) is 6.01. The van der Waals surface area contributed by atoms with Gasteiger partial charge in [-0.3, -0.25) is 0 Å². The van der Waals surface area contributed by atoms with E-state index < -0.39 is 0 Å². The summed E-state index contributed by atoms with van der Waals surface area (Å²) in [6.07, 6.45) is 0. The first-order valence-corrected chi connectivity index (χ1v) is 6.01. The van der Waals surface area contributed by atoms with E-state index in [1.165, 1.54) is 0 Å². The van der Waals surface area contributed by atoms with Gasteiger partial charge in [-0.2, -0.15) is 5.10 Å². The van der Waals surface area contributed by atoms with Gasteiger partial charge in [-0.05, 0) is 32.9 Å². The molecule has 1 aromatic heterocycles. The topological polar surface area (TPSA) is 53.1 Å². The number of rotatable bonds is 3. The summed E-state index contributed by atoms with van der Waals surface area (Å²) >= 11 is 0. The second-order valence-electron chi connectivity index (χ2n) is 4.46. The van der Waals surface area contributed by atoms with Crippen LogP contribution >= 0.6 is 0 Å². The van der Waals surface area contributed by atoms with Gasteiger partial charge in [0.25, 0.3) is 0 Å². The van der Waals surface area contributed by atoms with Crippen molar-refractivity contribution < 1.29 is 4.74 Å². The van der Waals surface area contributed by atoms with Crippen molar-refractivity contribution in [1.29, 1.82) is 0 Å². The van der Waals surface area contributed by atoms with Gasteiger partial charge in [-0.15, -0.1) is 0 Å². The van der Waals surface area contributed by atoms with E-state index in [-0.39, 0.29) is 6.04 Å². The highest BCUT2D eigenvalue weighted by Crippen LogP contribution is 2.27. The van der Waals surface area contributed by atoms with Crippen molar-refractivity contribution in [3.05, 3.63) is 41.2 Å². The molecular weight excluding hydrogens is 226 g/mol. The van der Waals surface area contributed by atoms with Crippen molar-refractivity contribution in [2.45, 2.75) is 26.8 Å². The lowest BCUT2D eigenvalue weighted by molar-refractivity contribution is 0.411. The van der Waals surface area contributed by atoms with Gasteiger partial charge in [0.15, 0.2) is 0 Å². The Morgan fingerprint density at radius 3 is 2.50 bits per heavy atom. The number of methoxy groups -OCH3 is 1. The lowest BCUT2D eigenvalue weighted by Crippen LogP contribution is -2.08. The third-order valence-corrected chi connectivity index (χ3v) is 3.12. The van der Waals surface area contributed by atoms with Gasteiger partial charge >= 0.3 is 0 Å². The molecule has 4 nitrogen and oxygen atoms in total. The molecule has 4 heteroatoms. The number of hydrogen-bond acceptors (Lipinski definition) is 3. The first kappa shape index (κ1) is 12.6. The van der Waals surface area contributed by atoms with Crippen molar-refractivity contribution >= 4 is 0 Å². The second kappa shape index (κ2) is 4.82. The molecule has 0 bridgehead atoms. The van der Waals surface area contributed by atoms with Gasteiger partial charge in [0.1, 0.15) is 11.4 Å². The number of nitrogens with two attached hydrogens (primary N) is 1. The van der Waals surface area contributed by atoms with Crippen LogP contribution in [-0.2, 0) is 0 Å². The SMILES string of the molecule is COc1ccccc1-n1nc(C)c(C(C)N)c1C. The summed E-state index contributed by atoms with van der Waals surface area (Å²) in [5, 5.41) is 4.57. The Bertz CT molecular complexity index is 558. The van der Waals surface area contributed by atoms with Crippen LogP contribution in [0, 0.1) is 13.8 Å². The van der Waals surface area contributed by atoms with Gasteiger partial charge in [0.2, 0.25) is 0 Å². The highest BCUT2D eigenvalue weighted by Gasteiger charge is 2.17. The van der Waals surface area contributed by atoms with Crippen molar-refractivity contribution in [2.24, 2.45) is 5.73 Å². The standard InChI is InChI=1S/C14H19N3O/c1-9(15)14-10(2)16-17(11(14)3)12-7-5-6-8-13(12)18-4/h5-9H,15H2,1-4H3. The van der Waals surface area contributed by atoms with Crippen LogP contribution in [-0.4, -0.2) is 16.9 Å². The molecule has 1 aromatic carbocycles. The van der Waals surface area contributed by atoms with Crippen molar-refractivity contribution in [3.8, 4) is 11.4 Å². The first-order chi connectivity index (χ1) is 8.56. The maximum Gasteiger partial charge on any atom is 0.144 e. The van der Waals surface area contributed by atoms with E-state index in [2.05, 4.69) is 5.10 Å². The normalized spacial score (nSPS) is 12.5. The predicted octanol–water partition coefficient (Wildman–Crippen LogP) is 2.52. The fourth-order valence-electron chi connectivity index (χ4n) is 2.35. The number of ether oxygens (including phenoxy) is 1. The van der Waals surface area contributed by atoms with Gasteiger partial charge in [-0.1, -0.05) is 12.1 Å². The highest BCUT2D eigenvalue weighted by atomic mass is 16.5. The molecule has 0 amide bonds. The fraction of sp³-hybridized carbons (Fsp3) is 0.357. The molecular formula is C14H19N3O. The number of benzene rings is 1. The van der Waals surface area contributed by atoms with Crippen LogP contribution in [0.2, 0.25) is 0 Å². The summed E-state index contributed by atoms with van der Waals surface area (Å²) in [6, 6.07) is 7.81. The minimum atomic E-state index is -0.0199. The van der Waals surface area contributed by atoms with Gasteiger partial charge < -0.3 is 10.5 Å². The molecule has 0 aliphatic rings. The molecule has 0 aliphatic heterocycles. The number of aromatic nitrogens is 2. The third-order valence-electron chi connectivity index (χ3n) is 3.12. The zero-order valence-electron chi connectivity index (χ0n) is 11.3. The Kier molecular flexibility index (Phi) is 3.39. The second-order valence-corrected chi connectivity index (χ2v) is 4.46. The number of hydrogen-bond donors (Lipinski definition) is 1. The molecule has 0 saturated heterocycles. The van der Waals surface area contributed by atoms with Gasteiger partial charge in [-0.25, -0.2) is 4.68 Å². The molecule has 1 atom stereocenters. The molecule has 2 aromatic rings. The van der Waals surface area contributed by atoms with Gasteiger partial charge in [0, 0.05) is 17.3 Å². The number of para-hydroxylation sites is 2. The zero-order chi connectivity index (χ0) is 13.3. The third kappa shape index (κ3) is 1.99. The summed E-state index contributed by atoms with van der Waals surface area (Å²) in [6.45, 7) is 5.99. The summed E-state index contributed by atoms with van der Waals surface area (Å²) < 4.78 is 7.27. The molecule has 2 rings (SSSR count). The zero-order valence-corrected chi connectivity index (χ0v) is 11.3. The van der Waals surface area contributed by atoms with Gasteiger partial charge in [0.05, 0.1) is 12.8 Å². The van der Waals surface area contributed by atoms with E-state index in [0.29, 0.717) is 0 Å². The smallest absolute Gasteiger partial charge is 0.144 e. The molecule has 0 radical (unpaired) electrons. The van der Waals surface area contributed by atoms with Crippen molar-refractivity contribution in [1.82, 2.24) is 9.78 Å². The largest absolute Gasteiger partial charge is 0.494 e. The molecule has 2 N–H and O–H groups in total. The fourth-order valence-corrected chi connectivity index (χ4v) is 2.35. The molecule has 0 fully saturated rings. The van der Waals surface area contributed by atoms with E-state index in [4.69, 9.17) is 10.5 Å². The summed E-state index contributed by atoms with van der Waals surface area (Å²) in [7, 11) is 1.66. The Labute approximate surface area is 107 Å². The minimum absolute atomic E-state index is 0.0199. The Balaban J connectivity index is 2.62. The molecule has 0 saturated carbocycles.